The fraction of sp³-hybridized carbons (Fsp3) is 0.350. The molecule has 0 aliphatic rings. The van der Waals surface area contributed by atoms with Gasteiger partial charge in [-0.25, -0.2) is 0 Å². The van der Waals surface area contributed by atoms with Gasteiger partial charge in [-0.15, -0.1) is 11.8 Å². The summed E-state index contributed by atoms with van der Waals surface area (Å²) in [6, 6.07) is 18.0. The van der Waals surface area contributed by atoms with Gasteiger partial charge >= 0.3 is 0 Å². The predicted octanol–water partition coefficient (Wildman–Crippen LogP) is 3.59. The van der Waals surface area contributed by atoms with Gasteiger partial charge in [-0.3, -0.25) is 4.79 Å². The highest BCUT2D eigenvalue weighted by Crippen LogP contribution is 2.28. The number of carbonyl (C=O) groups excluding carboxylic acids is 1. The molecule has 4 nitrogen and oxygen atoms in total. The van der Waals surface area contributed by atoms with Crippen molar-refractivity contribution >= 4 is 17.7 Å². The molecule has 0 spiro atoms. The molecule has 2 aromatic carbocycles. The molecule has 2 unspecified atom stereocenters. The second-order valence-electron chi connectivity index (χ2n) is 6.04. The lowest BCUT2D eigenvalue weighted by Gasteiger charge is -2.27. The van der Waals surface area contributed by atoms with Crippen molar-refractivity contribution in [2.75, 3.05) is 27.7 Å². The monoisotopic (exact) mass is 358 g/mol. The number of likely N-dealkylation sites (N-methyl/N-ethyl adjacent to an activating group) is 1. The molecule has 25 heavy (non-hydrogen) atoms. The zero-order valence-corrected chi connectivity index (χ0v) is 16.0. The highest BCUT2D eigenvalue weighted by Gasteiger charge is 2.21. The minimum absolute atomic E-state index is 0.0376. The van der Waals surface area contributed by atoms with E-state index in [2.05, 4.69) is 10.2 Å². The largest absolute Gasteiger partial charge is 0.496 e. The molecule has 1 amide bonds. The van der Waals surface area contributed by atoms with Crippen molar-refractivity contribution in [1.82, 2.24) is 10.2 Å². The zero-order chi connectivity index (χ0) is 18.2. The number of hydrogen-bond acceptors (Lipinski definition) is 4. The summed E-state index contributed by atoms with van der Waals surface area (Å²) in [5, 5.41) is 2.93. The summed E-state index contributed by atoms with van der Waals surface area (Å²) in [6.45, 7) is 2.46. The van der Waals surface area contributed by atoms with Gasteiger partial charge in [-0.05, 0) is 39.2 Å². The Bertz CT molecular complexity index is 676. The second-order valence-corrected chi connectivity index (χ2v) is 7.45. The third kappa shape index (κ3) is 5.51. The summed E-state index contributed by atoms with van der Waals surface area (Å²) in [5.41, 5.74) is 1.07. The number of hydrogen-bond donors (Lipinski definition) is 1. The maximum Gasteiger partial charge on any atom is 0.233 e. The molecule has 2 rings (SSSR count). The van der Waals surface area contributed by atoms with E-state index in [1.54, 1.807) is 18.9 Å². The average Bonchev–Trinajstić information content (AvgIpc) is 2.62. The van der Waals surface area contributed by atoms with Gasteiger partial charge in [-0.1, -0.05) is 36.4 Å². The quantitative estimate of drug-likeness (QED) is 0.732. The number of thioether (sulfide) groups is 1. The van der Waals surface area contributed by atoms with Crippen molar-refractivity contribution in [2.45, 2.75) is 23.1 Å². The summed E-state index contributed by atoms with van der Waals surface area (Å²) < 4.78 is 5.47. The van der Waals surface area contributed by atoms with Crippen LogP contribution in [0.5, 0.6) is 5.75 Å². The molecule has 0 bridgehead atoms. The Morgan fingerprint density at radius 1 is 1.12 bits per heavy atom. The van der Waals surface area contributed by atoms with Crippen molar-refractivity contribution in [1.29, 1.82) is 0 Å². The van der Waals surface area contributed by atoms with E-state index >= 15 is 0 Å². The molecule has 0 saturated heterocycles. The van der Waals surface area contributed by atoms with Crippen LogP contribution in [0.4, 0.5) is 0 Å². The first-order valence-corrected chi connectivity index (χ1v) is 9.19. The number of nitrogens with one attached hydrogen (secondary N) is 1. The Balaban J connectivity index is 1.99. The van der Waals surface area contributed by atoms with E-state index in [-0.39, 0.29) is 17.2 Å². The topological polar surface area (TPSA) is 41.6 Å². The number of methoxy groups -OCH3 is 1. The number of benzene rings is 2. The Morgan fingerprint density at radius 2 is 1.76 bits per heavy atom. The van der Waals surface area contributed by atoms with Crippen LogP contribution in [0, 0.1) is 0 Å². The first kappa shape index (κ1) is 19.3. The van der Waals surface area contributed by atoms with E-state index in [4.69, 9.17) is 4.74 Å². The smallest absolute Gasteiger partial charge is 0.233 e. The first-order valence-electron chi connectivity index (χ1n) is 8.31. The maximum absolute atomic E-state index is 12.5. The van der Waals surface area contributed by atoms with E-state index < -0.39 is 0 Å². The number of amides is 1. The molecule has 0 fully saturated rings. The number of para-hydroxylation sites is 1. The van der Waals surface area contributed by atoms with E-state index in [0.29, 0.717) is 6.54 Å². The van der Waals surface area contributed by atoms with Crippen LogP contribution in [0.3, 0.4) is 0 Å². The first-order chi connectivity index (χ1) is 12.0. The number of rotatable bonds is 8. The molecule has 134 valence electrons. The molecule has 1 N–H and O–H groups in total. The van der Waals surface area contributed by atoms with Crippen molar-refractivity contribution in [3.63, 3.8) is 0 Å². The van der Waals surface area contributed by atoms with Crippen LogP contribution in [-0.2, 0) is 4.79 Å². The average molecular weight is 359 g/mol. The highest BCUT2D eigenvalue weighted by atomic mass is 32.2. The summed E-state index contributed by atoms with van der Waals surface area (Å²) in [7, 11) is 5.68. The van der Waals surface area contributed by atoms with Gasteiger partial charge in [0.2, 0.25) is 5.91 Å². The van der Waals surface area contributed by atoms with Crippen LogP contribution in [-0.4, -0.2) is 43.8 Å². The van der Waals surface area contributed by atoms with Gasteiger partial charge in [0.1, 0.15) is 5.75 Å². The van der Waals surface area contributed by atoms with Crippen molar-refractivity contribution in [3.05, 3.63) is 60.2 Å². The minimum Gasteiger partial charge on any atom is -0.496 e. The van der Waals surface area contributed by atoms with Crippen LogP contribution in [0.1, 0.15) is 18.5 Å². The lowest BCUT2D eigenvalue weighted by atomic mass is 10.0. The predicted molar refractivity (Wildman–Crippen MR) is 104 cm³/mol. The summed E-state index contributed by atoms with van der Waals surface area (Å²) >= 11 is 1.56. The minimum atomic E-state index is -0.150. The normalized spacial score (nSPS) is 13.3. The third-order valence-electron chi connectivity index (χ3n) is 4.02. The number of ether oxygens (including phenoxy) is 1. The molecule has 0 aliphatic heterocycles. The molecule has 2 atom stereocenters. The Morgan fingerprint density at radius 3 is 2.40 bits per heavy atom. The van der Waals surface area contributed by atoms with Gasteiger partial charge in [0.25, 0.3) is 0 Å². The molecule has 5 heteroatoms. The van der Waals surface area contributed by atoms with E-state index in [1.807, 2.05) is 75.6 Å². The van der Waals surface area contributed by atoms with Gasteiger partial charge < -0.3 is 15.0 Å². The molecule has 0 aliphatic carbocycles. The van der Waals surface area contributed by atoms with E-state index in [0.717, 1.165) is 16.2 Å². The number of nitrogens with zero attached hydrogens (tertiary/aromatic N) is 1. The molecule has 0 heterocycles. The van der Waals surface area contributed by atoms with Crippen LogP contribution in [0.15, 0.2) is 59.5 Å². The van der Waals surface area contributed by atoms with Gasteiger partial charge in [0.15, 0.2) is 0 Å². The summed E-state index contributed by atoms with van der Waals surface area (Å²) in [5.74, 6) is 0.873. The Kier molecular flexibility index (Phi) is 7.34. The number of carbonyl (C=O) groups is 1. The van der Waals surface area contributed by atoms with Crippen LogP contribution >= 0.6 is 11.8 Å². The highest BCUT2D eigenvalue weighted by molar-refractivity contribution is 8.00. The lowest BCUT2D eigenvalue weighted by molar-refractivity contribution is -0.120. The molecule has 0 saturated carbocycles. The molecular weight excluding hydrogens is 332 g/mol. The van der Waals surface area contributed by atoms with E-state index in [9.17, 15) is 4.79 Å². The second kappa shape index (κ2) is 9.49. The van der Waals surface area contributed by atoms with Crippen molar-refractivity contribution in [3.8, 4) is 5.75 Å². The van der Waals surface area contributed by atoms with Crippen LogP contribution in [0.2, 0.25) is 0 Å². The Labute approximate surface area is 154 Å². The standard InChI is InChI=1S/C20H26N2O2S/c1-15(25-16-10-6-5-7-11-16)20(23)21-14-18(22(2)3)17-12-8-9-13-19(17)24-4/h5-13,15,18H,14H2,1-4H3,(H,21,23). The SMILES string of the molecule is COc1ccccc1C(CNC(=O)C(C)Sc1ccccc1)N(C)C. The fourth-order valence-corrected chi connectivity index (χ4v) is 3.52. The zero-order valence-electron chi connectivity index (χ0n) is 15.2. The van der Waals surface area contributed by atoms with Crippen LogP contribution < -0.4 is 10.1 Å². The van der Waals surface area contributed by atoms with Crippen molar-refractivity contribution in [2.24, 2.45) is 0 Å². The summed E-state index contributed by atoms with van der Waals surface area (Å²) in [4.78, 5) is 15.7. The summed E-state index contributed by atoms with van der Waals surface area (Å²) in [6.07, 6.45) is 0. The molecule has 0 radical (unpaired) electrons. The maximum atomic E-state index is 12.5. The molecule has 0 aromatic heterocycles. The fourth-order valence-electron chi connectivity index (χ4n) is 2.61. The van der Waals surface area contributed by atoms with Gasteiger partial charge in [-0.2, -0.15) is 0 Å². The van der Waals surface area contributed by atoms with Crippen LogP contribution in [0.25, 0.3) is 0 Å². The molecular formula is C20H26N2O2S. The van der Waals surface area contributed by atoms with Crippen molar-refractivity contribution < 1.29 is 9.53 Å². The third-order valence-corrected chi connectivity index (χ3v) is 5.13. The van der Waals surface area contributed by atoms with E-state index in [1.165, 1.54) is 0 Å². The Hall–Kier alpha value is -1.98. The molecule has 2 aromatic rings. The van der Waals surface area contributed by atoms with Gasteiger partial charge in [0.05, 0.1) is 18.4 Å². The lowest BCUT2D eigenvalue weighted by Crippen LogP contribution is -2.38. The van der Waals surface area contributed by atoms with Gasteiger partial charge in [0, 0.05) is 17.0 Å².